The van der Waals surface area contributed by atoms with Crippen LogP contribution in [0, 0.1) is 0 Å². The van der Waals surface area contributed by atoms with Crippen LogP contribution < -0.4 is 0 Å². The Balaban J connectivity index is 2.77. The van der Waals surface area contributed by atoms with E-state index in [1.807, 2.05) is 12.1 Å². The second-order valence-electron chi connectivity index (χ2n) is 3.99. The first-order valence-corrected chi connectivity index (χ1v) is 4.24. The summed E-state index contributed by atoms with van der Waals surface area (Å²) in [6, 6.07) is 3.90. The molecule has 1 heterocycles. The van der Waals surface area contributed by atoms with E-state index in [2.05, 4.69) is 20.8 Å². The van der Waals surface area contributed by atoms with Crippen LogP contribution >= 0.6 is 0 Å². The average Bonchev–Trinajstić information content (AvgIpc) is 2.35. The van der Waals surface area contributed by atoms with E-state index >= 15 is 0 Å². The molecule has 2 heteroatoms. The highest BCUT2D eigenvalue weighted by Gasteiger charge is 2.17. The van der Waals surface area contributed by atoms with Crippen LogP contribution in [0.15, 0.2) is 16.5 Å². The standard InChI is InChI=1S/C10H16O2/c1-10(2,3)9-5-4-8(12-9)6-7-11/h4-5,11H,6-7H2,1-3H3. The molecule has 0 fully saturated rings. The first-order valence-electron chi connectivity index (χ1n) is 4.24. The Morgan fingerprint density at radius 2 is 2.00 bits per heavy atom. The Morgan fingerprint density at radius 3 is 2.42 bits per heavy atom. The summed E-state index contributed by atoms with van der Waals surface area (Å²) in [6.07, 6.45) is 0.607. The monoisotopic (exact) mass is 168 g/mol. The van der Waals surface area contributed by atoms with Crippen molar-refractivity contribution in [2.45, 2.75) is 32.6 Å². The van der Waals surface area contributed by atoms with Crippen molar-refractivity contribution >= 4 is 0 Å². The lowest BCUT2D eigenvalue weighted by atomic mass is 9.94. The maximum absolute atomic E-state index is 8.67. The van der Waals surface area contributed by atoms with Gasteiger partial charge in [0.15, 0.2) is 0 Å². The third-order valence-electron chi connectivity index (χ3n) is 1.76. The Bertz CT molecular complexity index is 243. The van der Waals surface area contributed by atoms with Crippen LogP contribution in [0.5, 0.6) is 0 Å². The smallest absolute Gasteiger partial charge is 0.109 e. The van der Waals surface area contributed by atoms with Gasteiger partial charge in [0.25, 0.3) is 0 Å². The molecular weight excluding hydrogens is 152 g/mol. The Morgan fingerprint density at radius 1 is 1.33 bits per heavy atom. The summed E-state index contributed by atoms with van der Waals surface area (Å²) in [6.45, 7) is 6.47. The molecule has 0 saturated carbocycles. The highest BCUT2D eigenvalue weighted by atomic mass is 16.3. The van der Waals surface area contributed by atoms with Crippen molar-refractivity contribution in [1.82, 2.24) is 0 Å². The number of hydrogen-bond acceptors (Lipinski definition) is 2. The summed E-state index contributed by atoms with van der Waals surface area (Å²) in [7, 11) is 0. The van der Waals surface area contributed by atoms with Gasteiger partial charge in [0.05, 0.1) is 6.61 Å². The van der Waals surface area contributed by atoms with Gasteiger partial charge in [-0.25, -0.2) is 0 Å². The molecule has 1 N–H and O–H groups in total. The SMILES string of the molecule is CC(C)(C)c1ccc(CCO)o1. The summed E-state index contributed by atoms with van der Waals surface area (Å²) in [5, 5.41) is 8.67. The van der Waals surface area contributed by atoms with Gasteiger partial charge in [-0.05, 0) is 12.1 Å². The van der Waals surface area contributed by atoms with Crippen molar-refractivity contribution < 1.29 is 9.52 Å². The molecule has 0 unspecified atom stereocenters. The quantitative estimate of drug-likeness (QED) is 0.733. The number of aliphatic hydroxyl groups is 1. The first kappa shape index (κ1) is 9.33. The zero-order valence-electron chi connectivity index (χ0n) is 7.92. The van der Waals surface area contributed by atoms with E-state index in [9.17, 15) is 0 Å². The molecule has 0 aromatic carbocycles. The third-order valence-corrected chi connectivity index (χ3v) is 1.76. The Kier molecular flexibility index (Phi) is 2.58. The van der Waals surface area contributed by atoms with Crippen LogP contribution in [0.4, 0.5) is 0 Å². The van der Waals surface area contributed by atoms with Crippen LogP contribution in [-0.4, -0.2) is 11.7 Å². The molecule has 0 bridgehead atoms. The van der Waals surface area contributed by atoms with E-state index < -0.39 is 0 Å². The van der Waals surface area contributed by atoms with E-state index in [-0.39, 0.29) is 12.0 Å². The van der Waals surface area contributed by atoms with E-state index in [1.165, 1.54) is 0 Å². The third kappa shape index (κ3) is 2.11. The molecule has 0 amide bonds. The number of hydrogen-bond donors (Lipinski definition) is 1. The molecule has 1 aromatic rings. The predicted octanol–water partition coefficient (Wildman–Crippen LogP) is 2.11. The van der Waals surface area contributed by atoms with Crippen LogP contribution in [0.25, 0.3) is 0 Å². The van der Waals surface area contributed by atoms with Gasteiger partial charge in [-0.2, -0.15) is 0 Å². The summed E-state index contributed by atoms with van der Waals surface area (Å²) >= 11 is 0. The highest BCUT2D eigenvalue weighted by Crippen LogP contribution is 2.24. The molecule has 12 heavy (non-hydrogen) atoms. The number of furan rings is 1. The first-order chi connectivity index (χ1) is 5.54. The molecule has 0 aliphatic heterocycles. The van der Waals surface area contributed by atoms with Gasteiger partial charge in [-0.1, -0.05) is 20.8 Å². The Labute approximate surface area is 73.2 Å². The normalized spacial score (nSPS) is 12.0. The maximum Gasteiger partial charge on any atom is 0.109 e. The molecule has 0 aliphatic carbocycles. The van der Waals surface area contributed by atoms with Gasteiger partial charge in [0, 0.05) is 11.8 Å². The molecule has 1 aromatic heterocycles. The van der Waals surface area contributed by atoms with Crippen molar-refractivity contribution in [3.05, 3.63) is 23.7 Å². The molecule has 0 atom stereocenters. The van der Waals surface area contributed by atoms with Crippen LogP contribution in [0.3, 0.4) is 0 Å². The van der Waals surface area contributed by atoms with Gasteiger partial charge >= 0.3 is 0 Å². The molecule has 0 radical (unpaired) electrons. The van der Waals surface area contributed by atoms with Gasteiger partial charge in [0.2, 0.25) is 0 Å². The van der Waals surface area contributed by atoms with Crippen molar-refractivity contribution in [2.75, 3.05) is 6.61 Å². The van der Waals surface area contributed by atoms with Gasteiger partial charge < -0.3 is 9.52 Å². The van der Waals surface area contributed by atoms with Crippen molar-refractivity contribution in [3.63, 3.8) is 0 Å². The minimum atomic E-state index is 0.0632. The minimum Gasteiger partial charge on any atom is -0.465 e. The summed E-state index contributed by atoms with van der Waals surface area (Å²) < 4.78 is 5.53. The van der Waals surface area contributed by atoms with Crippen LogP contribution in [0.1, 0.15) is 32.3 Å². The van der Waals surface area contributed by atoms with Crippen LogP contribution in [-0.2, 0) is 11.8 Å². The van der Waals surface area contributed by atoms with Gasteiger partial charge in [-0.3, -0.25) is 0 Å². The lowest BCUT2D eigenvalue weighted by Gasteiger charge is -2.13. The molecular formula is C10H16O2. The second kappa shape index (κ2) is 3.31. The molecule has 0 aliphatic rings. The van der Waals surface area contributed by atoms with E-state index in [0.717, 1.165) is 11.5 Å². The number of aliphatic hydroxyl groups excluding tert-OH is 1. The maximum atomic E-state index is 8.67. The van der Waals surface area contributed by atoms with Crippen molar-refractivity contribution in [2.24, 2.45) is 0 Å². The van der Waals surface area contributed by atoms with Crippen molar-refractivity contribution in [1.29, 1.82) is 0 Å². The van der Waals surface area contributed by atoms with Crippen LogP contribution in [0.2, 0.25) is 0 Å². The second-order valence-corrected chi connectivity index (χ2v) is 3.99. The zero-order valence-corrected chi connectivity index (χ0v) is 7.92. The van der Waals surface area contributed by atoms with Crippen molar-refractivity contribution in [3.8, 4) is 0 Å². The van der Waals surface area contributed by atoms with Gasteiger partial charge in [0.1, 0.15) is 11.5 Å². The molecule has 0 saturated heterocycles. The average molecular weight is 168 g/mol. The lowest BCUT2D eigenvalue weighted by Crippen LogP contribution is -2.09. The zero-order chi connectivity index (χ0) is 9.19. The summed E-state index contributed by atoms with van der Waals surface area (Å²) in [4.78, 5) is 0. The molecule has 1 rings (SSSR count). The minimum absolute atomic E-state index is 0.0632. The molecule has 68 valence electrons. The molecule has 0 spiro atoms. The van der Waals surface area contributed by atoms with E-state index in [1.54, 1.807) is 0 Å². The topological polar surface area (TPSA) is 33.4 Å². The fourth-order valence-corrected chi connectivity index (χ4v) is 1.03. The Hall–Kier alpha value is -0.760. The predicted molar refractivity (Wildman–Crippen MR) is 48.2 cm³/mol. The summed E-state index contributed by atoms with van der Waals surface area (Å²) in [5.74, 6) is 1.84. The highest BCUT2D eigenvalue weighted by molar-refractivity contribution is 5.14. The van der Waals surface area contributed by atoms with E-state index in [4.69, 9.17) is 9.52 Å². The molecule has 2 nitrogen and oxygen atoms in total. The number of rotatable bonds is 2. The summed E-state index contributed by atoms with van der Waals surface area (Å²) in [5.41, 5.74) is 0.0632. The fourth-order valence-electron chi connectivity index (χ4n) is 1.03. The fraction of sp³-hybridized carbons (Fsp3) is 0.600. The van der Waals surface area contributed by atoms with Gasteiger partial charge in [-0.15, -0.1) is 0 Å². The lowest BCUT2D eigenvalue weighted by molar-refractivity contribution is 0.282. The van der Waals surface area contributed by atoms with E-state index in [0.29, 0.717) is 6.42 Å². The largest absolute Gasteiger partial charge is 0.465 e.